The number of halogens is 1. The van der Waals surface area contributed by atoms with Gasteiger partial charge < -0.3 is 10.0 Å². The number of unbranched alkanes of at least 4 members (excludes halogenated alkanes) is 1. The van der Waals surface area contributed by atoms with Gasteiger partial charge in [0.1, 0.15) is 5.69 Å². The van der Waals surface area contributed by atoms with Crippen LogP contribution in [-0.2, 0) is 0 Å². The first kappa shape index (κ1) is 14.7. The first-order valence-corrected chi connectivity index (χ1v) is 6.27. The number of aliphatic hydroxyl groups excluding tert-OH is 1. The molecule has 0 saturated heterocycles. The first-order chi connectivity index (χ1) is 8.60. The number of nitro benzene ring substituents is 1. The van der Waals surface area contributed by atoms with Crippen molar-refractivity contribution in [3.63, 3.8) is 0 Å². The van der Waals surface area contributed by atoms with Gasteiger partial charge >= 0.3 is 0 Å². The minimum atomic E-state index is -0.447. The average Bonchev–Trinajstić information content (AvgIpc) is 2.34. The van der Waals surface area contributed by atoms with Crippen molar-refractivity contribution >= 4 is 23.0 Å². The van der Waals surface area contributed by atoms with Gasteiger partial charge in [-0.3, -0.25) is 10.1 Å². The van der Waals surface area contributed by atoms with Crippen LogP contribution in [0.3, 0.4) is 0 Å². The number of hydrogen-bond donors (Lipinski definition) is 1. The second kappa shape index (κ2) is 7.18. The standard InChI is InChI=1S/C12H17ClN2O3/c1-2-3-6-14(7-8-16)11-5-4-10(13)9-12(11)15(17)18/h4-5,9,16H,2-3,6-8H2,1H3. The monoisotopic (exact) mass is 272 g/mol. The molecule has 0 saturated carbocycles. The Labute approximate surface area is 111 Å². The summed E-state index contributed by atoms with van der Waals surface area (Å²) in [6, 6.07) is 4.60. The zero-order valence-electron chi connectivity index (χ0n) is 10.3. The molecule has 0 fully saturated rings. The number of anilines is 1. The van der Waals surface area contributed by atoms with E-state index < -0.39 is 4.92 Å². The number of aliphatic hydroxyl groups is 1. The molecule has 5 nitrogen and oxygen atoms in total. The number of hydrogen-bond acceptors (Lipinski definition) is 4. The van der Waals surface area contributed by atoms with E-state index in [-0.39, 0.29) is 12.3 Å². The second-order valence-electron chi connectivity index (χ2n) is 3.95. The Morgan fingerprint density at radius 1 is 1.44 bits per heavy atom. The van der Waals surface area contributed by atoms with Gasteiger partial charge in [0.2, 0.25) is 0 Å². The summed E-state index contributed by atoms with van der Waals surface area (Å²) in [4.78, 5) is 12.4. The molecule has 18 heavy (non-hydrogen) atoms. The fourth-order valence-electron chi connectivity index (χ4n) is 1.73. The molecule has 0 amide bonds. The van der Waals surface area contributed by atoms with Crippen LogP contribution < -0.4 is 4.90 Å². The lowest BCUT2D eigenvalue weighted by atomic mass is 10.2. The summed E-state index contributed by atoms with van der Waals surface area (Å²) in [6.07, 6.45) is 1.91. The number of nitrogens with zero attached hydrogens (tertiary/aromatic N) is 2. The summed E-state index contributed by atoms with van der Waals surface area (Å²) in [6.45, 7) is 3.07. The van der Waals surface area contributed by atoms with Gasteiger partial charge in [0.25, 0.3) is 5.69 Å². The van der Waals surface area contributed by atoms with E-state index in [1.54, 1.807) is 12.1 Å². The molecule has 0 spiro atoms. The van der Waals surface area contributed by atoms with Gasteiger partial charge in [0.15, 0.2) is 0 Å². The molecule has 0 aromatic heterocycles. The normalized spacial score (nSPS) is 10.4. The van der Waals surface area contributed by atoms with E-state index in [0.29, 0.717) is 23.8 Å². The van der Waals surface area contributed by atoms with Crippen LogP contribution in [0.4, 0.5) is 11.4 Å². The molecule has 1 aromatic carbocycles. The third kappa shape index (κ3) is 3.85. The van der Waals surface area contributed by atoms with Crippen LogP contribution in [0.25, 0.3) is 0 Å². The minimum absolute atomic E-state index is 0.0212. The predicted octanol–water partition coefficient (Wildman–Crippen LogP) is 2.85. The highest BCUT2D eigenvalue weighted by Gasteiger charge is 2.19. The summed E-state index contributed by atoms with van der Waals surface area (Å²) in [5.41, 5.74) is 0.485. The molecule has 0 heterocycles. The molecular weight excluding hydrogens is 256 g/mol. The Morgan fingerprint density at radius 2 is 2.17 bits per heavy atom. The summed E-state index contributed by atoms with van der Waals surface area (Å²) in [5.74, 6) is 0. The highest BCUT2D eigenvalue weighted by molar-refractivity contribution is 6.30. The molecule has 1 rings (SSSR count). The summed E-state index contributed by atoms with van der Waals surface area (Å²) >= 11 is 5.77. The van der Waals surface area contributed by atoms with Crippen LogP contribution in [0, 0.1) is 10.1 Å². The lowest BCUT2D eigenvalue weighted by Crippen LogP contribution is -2.28. The maximum absolute atomic E-state index is 11.0. The van der Waals surface area contributed by atoms with E-state index in [0.717, 1.165) is 12.8 Å². The molecule has 0 aliphatic rings. The zero-order valence-corrected chi connectivity index (χ0v) is 11.1. The van der Waals surface area contributed by atoms with Crippen LogP contribution in [0.5, 0.6) is 0 Å². The lowest BCUT2D eigenvalue weighted by Gasteiger charge is -2.23. The van der Waals surface area contributed by atoms with Crippen LogP contribution in [0.2, 0.25) is 5.02 Å². The highest BCUT2D eigenvalue weighted by atomic mass is 35.5. The molecule has 0 unspecified atom stereocenters. The van der Waals surface area contributed by atoms with Crippen molar-refractivity contribution in [2.75, 3.05) is 24.6 Å². The van der Waals surface area contributed by atoms with Gasteiger partial charge in [-0.2, -0.15) is 0 Å². The van der Waals surface area contributed by atoms with E-state index in [9.17, 15) is 10.1 Å². The van der Waals surface area contributed by atoms with E-state index in [1.807, 2.05) is 11.8 Å². The fraction of sp³-hybridized carbons (Fsp3) is 0.500. The third-order valence-electron chi connectivity index (χ3n) is 2.63. The molecule has 0 aliphatic heterocycles. The van der Waals surface area contributed by atoms with Gasteiger partial charge in [0, 0.05) is 24.2 Å². The fourth-order valence-corrected chi connectivity index (χ4v) is 1.90. The maximum Gasteiger partial charge on any atom is 0.294 e. The van der Waals surface area contributed by atoms with Gasteiger partial charge in [-0.1, -0.05) is 24.9 Å². The van der Waals surface area contributed by atoms with Crippen molar-refractivity contribution in [3.8, 4) is 0 Å². The second-order valence-corrected chi connectivity index (χ2v) is 4.39. The van der Waals surface area contributed by atoms with Crippen LogP contribution in [0.15, 0.2) is 18.2 Å². The Hall–Kier alpha value is -1.33. The van der Waals surface area contributed by atoms with Crippen molar-refractivity contribution in [3.05, 3.63) is 33.3 Å². The molecule has 1 aromatic rings. The van der Waals surface area contributed by atoms with Gasteiger partial charge in [-0.05, 0) is 18.6 Å². The molecular formula is C12H17ClN2O3. The van der Waals surface area contributed by atoms with Crippen molar-refractivity contribution in [1.29, 1.82) is 0 Å². The van der Waals surface area contributed by atoms with E-state index in [2.05, 4.69) is 0 Å². The van der Waals surface area contributed by atoms with Crippen molar-refractivity contribution in [1.82, 2.24) is 0 Å². The Morgan fingerprint density at radius 3 is 2.72 bits per heavy atom. The van der Waals surface area contributed by atoms with Crippen molar-refractivity contribution in [2.45, 2.75) is 19.8 Å². The van der Waals surface area contributed by atoms with Crippen LogP contribution in [-0.4, -0.2) is 29.7 Å². The van der Waals surface area contributed by atoms with Crippen LogP contribution in [0.1, 0.15) is 19.8 Å². The molecule has 0 aliphatic carbocycles. The summed E-state index contributed by atoms with van der Waals surface area (Å²) < 4.78 is 0. The van der Waals surface area contributed by atoms with Gasteiger partial charge in [0.05, 0.1) is 11.5 Å². The van der Waals surface area contributed by atoms with Crippen molar-refractivity contribution < 1.29 is 10.0 Å². The van der Waals surface area contributed by atoms with Crippen molar-refractivity contribution in [2.24, 2.45) is 0 Å². The Balaban J connectivity index is 3.05. The smallest absolute Gasteiger partial charge is 0.294 e. The van der Waals surface area contributed by atoms with E-state index in [4.69, 9.17) is 16.7 Å². The molecule has 6 heteroatoms. The molecule has 0 atom stereocenters. The average molecular weight is 273 g/mol. The van der Waals surface area contributed by atoms with Gasteiger partial charge in [-0.25, -0.2) is 0 Å². The molecule has 1 N–H and O–H groups in total. The minimum Gasteiger partial charge on any atom is -0.395 e. The van der Waals surface area contributed by atoms with Gasteiger partial charge in [-0.15, -0.1) is 0 Å². The maximum atomic E-state index is 11.0. The zero-order chi connectivity index (χ0) is 13.5. The lowest BCUT2D eigenvalue weighted by molar-refractivity contribution is -0.384. The predicted molar refractivity (Wildman–Crippen MR) is 72.3 cm³/mol. The van der Waals surface area contributed by atoms with E-state index in [1.165, 1.54) is 6.07 Å². The van der Waals surface area contributed by atoms with Crippen LogP contribution >= 0.6 is 11.6 Å². The third-order valence-corrected chi connectivity index (χ3v) is 2.86. The molecule has 100 valence electrons. The molecule has 0 bridgehead atoms. The molecule has 0 radical (unpaired) electrons. The highest BCUT2D eigenvalue weighted by Crippen LogP contribution is 2.31. The SMILES string of the molecule is CCCCN(CCO)c1ccc(Cl)cc1[N+](=O)[O-]. The first-order valence-electron chi connectivity index (χ1n) is 5.90. The summed E-state index contributed by atoms with van der Waals surface area (Å²) in [7, 11) is 0. The number of nitro groups is 1. The van der Waals surface area contributed by atoms with E-state index >= 15 is 0 Å². The Kier molecular flexibility index (Phi) is 5.88. The number of benzene rings is 1. The quantitative estimate of drug-likeness (QED) is 0.612. The topological polar surface area (TPSA) is 66.6 Å². The Bertz CT molecular complexity index is 412. The largest absolute Gasteiger partial charge is 0.395 e. The number of rotatable bonds is 7. The summed E-state index contributed by atoms with van der Waals surface area (Å²) in [5, 5.41) is 20.4.